The molecule has 0 atom stereocenters. The lowest BCUT2D eigenvalue weighted by molar-refractivity contribution is 0.0473. The van der Waals surface area contributed by atoms with Crippen LogP contribution in [0, 0.1) is 0 Å². The highest BCUT2D eigenvalue weighted by Crippen LogP contribution is 2.32. The first-order chi connectivity index (χ1) is 13.7. The van der Waals surface area contributed by atoms with Crippen molar-refractivity contribution in [3.63, 3.8) is 0 Å². The fourth-order valence-corrected chi connectivity index (χ4v) is 3.05. The first-order valence-corrected chi connectivity index (χ1v) is 8.92. The van der Waals surface area contributed by atoms with E-state index in [1.165, 1.54) is 0 Å². The number of benzene rings is 3. The molecule has 4 rings (SSSR count). The van der Waals surface area contributed by atoms with Crippen LogP contribution in [0.15, 0.2) is 72.8 Å². The van der Waals surface area contributed by atoms with E-state index in [9.17, 15) is 9.59 Å². The van der Waals surface area contributed by atoms with Crippen LogP contribution in [0.25, 0.3) is 0 Å². The molecule has 1 aliphatic rings. The van der Waals surface area contributed by atoms with E-state index in [-0.39, 0.29) is 19.2 Å². The van der Waals surface area contributed by atoms with E-state index in [1.54, 1.807) is 30.3 Å². The lowest BCUT2D eigenvalue weighted by Gasteiger charge is -2.10. The predicted octanol–water partition coefficient (Wildman–Crippen LogP) is 4.05. The van der Waals surface area contributed by atoms with Crippen LogP contribution in [-0.2, 0) is 11.2 Å². The normalized spacial score (nSPS) is 11.9. The molecule has 0 spiro atoms. The monoisotopic (exact) mass is 374 g/mol. The molecule has 5 heteroatoms. The van der Waals surface area contributed by atoms with Gasteiger partial charge in [-0.3, -0.25) is 4.79 Å². The molecule has 0 aromatic heterocycles. The average Bonchev–Trinajstić information content (AvgIpc) is 3.21. The Kier molecular flexibility index (Phi) is 5.06. The van der Waals surface area contributed by atoms with Gasteiger partial charge in [0.05, 0.1) is 5.56 Å². The molecule has 3 aromatic carbocycles. The van der Waals surface area contributed by atoms with Crippen molar-refractivity contribution in [1.29, 1.82) is 0 Å². The zero-order valence-corrected chi connectivity index (χ0v) is 15.1. The summed E-state index contributed by atoms with van der Waals surface area (Å²) in [5.41, 5.74) is 2.83. The lowest BCUT2D eigenvalue weighted by Crippen LogP contribution is -2.15. The highest BCUT2D eigenvalue weighted by molar-refractivity contribution is 6.00. The van der Waals surface area contributed by atoms with Crippen LogP contribution in [0.3, 0.4) is 0 Å². The van der Waals surface area contributed by atoms with Crippen molar-refractivity contribution in [2.75, 3.05) is 13.4 Å². The molecule has 3 aromatic rings. The molecular weight excluding hydrogens is 356 g/mol. The zero-order valence-electron chi connectivity index (χ0n) is 15.1. The second-order valence-electron chi connectivity index (χ2n) is 6.39. The van der Waals surface area contributed by atoms with Gasteiger partial charge in [-0.05, 0) is 41.8 Å². The minimum absolute atomic E-state index is 0.139. The Labute approximate surface area is 162 Å². The van der Waals surface area contributed by atoms with Crippen molar-refractivity contribution in [2.24, 2.45) is 0 Å². The molecule has 0 radical (unpaired) electrons. The topological polar surface area (TPSA) is 61.8 Å². The maximum Gasteiger partial charge on any atom is 0.338 e. The molecular formula is C23H18O5. The second-order valence-corrected chi connectivity index (χ2v) is 6.39. The molecule has 0 saturated heterocycles. The van der Waals surface area contributed by atoms with E-state index in [1.807, 2.05) is 42.5 Å². The summed E-state index contributed by atoms with van der Waals surface area (Å²) >= 11 is 0. The minimum Gasteiger partial charge on any atom is -0.454 e. The van der Waals surface area contributed by atoms with Crippen LogP contribution in [0.4, 0.5) is 0 Å². The van der Waals surface area contributed by atoms with E-state index in [4.69, 9.17) is 14.2 Å². The van der Waals surface area contributed by atoms with Crippen LogP contribution in [0.1, 0.15) is 31.8 Å². The number of fused-ring (bicyclic) bond motifs is 1. The van der Waals surface area contributed by atoms with Crippen molar-refractivity contribution in [1.82, 2.24) is 0 Å². The summed E-state index contributed by atoms with van der Waals surface area (Å²) in [5.74, 6) is 0.307. The van der Waals surface area contributed by atoms with Gasteiger partial charge in [-0.2, -0.15) is 0 Å². The van der Waals surface area contributed by atoms with E-state index in [0.29, 0.717) is 29.0 Å². The van der Waals surface area contributed by atoms with E-state index in [0.717, 1.165) is 11.1 Å². The summed E-state index contributed by atoms with van der Waals surface area (Å²) in [6.45, 7) is -0.196. The van der Waals surface area contributed by atoms with Gasteiger partial charge in [-0.25, -0.2) is 4.79 Å². The molecule has 0 N–H and O–H groups in total. The number of hydrogen-bond acceptors (Lipinski definition) is 5. The van der Waals surface area contributed by atoms with Gasteiger partial charge in [0.25, 0.3) is 0 Å². The lowest BCUT2D eigenvalue weighted by atomic mass is 10.00. The van der Waals surface area contributed by atoms with Gasteiger partial charge in [0, 0.05) is 5.56 Å². The molecule has 1 aliphatic heterocycles. The van der Waals surface area contributed by atoms with Crippen LogP contribution in [-0.4, -0.2) is 25.2 Å². The Hall–Kier alpha value is -3.60. The van der Waals surface area contributed by atoms with E-state index < -0.39 is 5.97 Å². The largest absolute Gasteiger partial charge is 0.454 e. The molecule has 0 saturated carbocycles. The third-order valence-electron chi connectivity index (χ3n) is 4.50. The molecule has 0 amide bonds. The number of hydrogen-bond donors (Lipinski definition) is 0. The van der Waals surface area contributed by atoms with Gasteiger partial charge in [-0.1, -0.05) is 48.5 Å². The van der Waals surface area contributed by atoms with Crippen LogP contribution >= 0.6 is 0 Å². The smallest absolute Gasteiger partial charge is 0.338 e. The predicted molar refractivity (Wildman–Crippen MR) is 103 cm³/mol. The van der Waals surface area contributed by atoms with E-state index in [2.05, 4.69) is 0 Å². The molecule has 0 unspecified atom stereocenters. The second kappa shape index (κ2) is 7.96. The Morgan fingerprint density at radius 3 is 2.46 bits per heavy atom. The van der Waals surface area contributed by atoms with Crippen LogP contribution in [0.5, 0.6) is 11.5 Å². The van der Waals surface area contributed by atoms with Crippen molar-refractivity contribution in [3.05, 3.63) is 95.1 Å². The Morgan fingerprint density at radius 1 is 0.857 bits per heavy atom. The molecule has 28 heavy (non-hydrogen) atoms. The number of rotatable bonds is 6. The summed E-state index contributed by atoms with van der Waals surface area (Å²) in [7, 11) is 0. The number of Topliss-reactive ketones (excluding diaryl/α,β-unsaturated/α-hetero) is 1. The fraction of sp³-hybridized carbons (Fsp3) is 0.130. The van der Waals surface area contributed by atoms with E-state index >= 15 is 0 Å². The van der Waals surface area contributed by atoms with Crippen molar-refractivity contribution < 1.29 is 23.8 Å². The van der Waals surface area contributed by atoms with Crippen LogP contribution < -0.4 is 9.47 Å². The fourth-order valence-electron chi connectivity index (χ4n) is 3.05. The van der Waals surface area contributed by atoms with Crippen LogP contribution in [0.2, 0.25) is 0 Å². The van der Waals surface area contributed by atoms with Gasteiger partial charge < -0.3 is 14.2 Å². The summed E-state index contributed by atoms with van der Waals surface area (Å²) < 4.78 is 15.8. The third kappa shape index (κ3) is 3.88. The number of carbonyl (C=O) groups is 2. The number of ether oxygens (including phenoxy) is 3. The molecule has 140 valence electrons. The van der Waals surface area contributed by atoms with Gasteiger partial charge >= 0.3 is 5.97 Å². The molecule has 0 aliphatic carbocycles. The summed E-state index contributed by atoms with van der Waals surface area (Å²) in [6, 6.07) is 22.1. The number of esters is 1. The zero-order chi connectivity index (χ0) is 19.3. The van der Waals surface area contributed by atoms with Crippen molar-refractivity contribution in [2.45, 2.75) is 6.42 Å². The Bertz CT molecular complexity index is 1010. The molecule has 1 heterocycles. The van der Waals surface area contributed by atoms with Gasteiger partial charge in [-0.15, -0.1) is 0 Å². The summed E-state index contributed by atoms with van der Waals surface area (Å²) in [4.78, 5) is 24.9. The molecule has 0 fully saturated rings. The quantitative estimate of drug-likeness (QED) is 0.481. The highest BCUT2D eigenvalue weighted by atomic mass is 16.7. The summed E-state index contributed by atoms with van der Waals surface area (Å²) in [5, 5.41) is 0. The summed E-state index contributed by atoms with van der Waals surface area (Å²) in [6.07, 6.45) is 0.613. The van der Waals surface area contributed by atoms with Crippen molar-refractivity contribution in [3.8, 4) is 11.5 Å². The standard InChI is InChI=1S/C23H18O5/c24-20(18-10-11-21-22(13-18)28-15-27-21)14-26-23(25)19-9-5-4-8-17(19)12-16-6-2-1-3-7-16/h1-11,13H,12,14-15H2. The molecule has 0 bridgehead atoms. The molecule has 5 nitrogen and oxygen atoms in total. The Morgan fingerprint density at radius 2 is 1.61 bits per heavy atom. The SMILES string of the molecule is O=C(COC(=O)c1ccccc1Cc1ccccc1)c1ccc2c(c1)OCO2. The average molecular weight is 374 g/mol. The number of ketones is 1. The van der Waals surface area contributed by atoms with Crippen molar-refractivity contribution >= 4 is 11.8 Å². The maximum atomic E-state index is 12.6. The third-order valence-corrected chi connectivity index (χ3v) is 4.50. The van der Waals surface area contributed by atoms with Gasteiger partial charge in [0.2, 0.25) is 6.79 Å². The minimum atomic E-state index is -0.513. The first kappa shape index (κ1) is 17.8. The first-order valence-electron chi connectivity index (χ1n) is 8.92. The highest BCUT2D eigenvalue weighted by Gasteiger charge is 2.18. The number of carbonyl (C=O) groups excluding carboxylic acids is 2. The maximum absolute atomic E-state index is 12.6. The van der Waals surface area contributed by atoms with Gasteiger partial charge in [0.1, 0.15) is 0 Å². The Balaban J connectivity index is 1.43. The van der Waals surface area contributed by atoms with Gasteiger partial charge in [0.15, 0.2) is 23.9 Å².